The van der Waals surface area contributed by atoms with Crippen LogP contribution in [0.1, 0.15) is 24.2 Å². The Kier molecular flexibility index (Phi) is 2.88. The quantitative estimate of drug-likeness (QED) is 0.689. The predicted molar refractivity (Wildman–Crippen MR) is 52.8 cm³/mol. The van der Waals surface area contributed by atoms with Gasteiger partial charge in [0.05, 0.1) is 0 Å². The molecule has 1 aromatic rings. The third-order valence-corrected chi connectivity index (χ3v) is 2.09. The first-order valence-corrected chi connectivity index (χ1v) is 4.40. The Bertz CT molecular complexity index is 275. The molecule has 0 aliphatic heterocycles. The van der Waals surface area contributed by atoms with Crippen LogP contribution >= 0.6 is 0 Å². The minimum atomic E-state index is -0.336. The third-order valence-electron chi connectivity index (χ3n) is 2.09. The number of Topliss-reactive ketones (excluding diaryl/α,β-unsaturated/α-hetero) is 1. The Balaban J connectivity index is 2.78. The van der Waals surface area contributed by atoms with Gasteiger partial charge < -0.3 is 10.3 Å². The van der Waals surface area contributed by atoms with Crippen molar-refractivity contribution in [3.8, 4) is 0 Å². The highest BCUT2D eigenvalue weighted by atomic mass is 16.1. The Labute approximate surface area is 78.5 Å². The van der Waals surface area contributed by atoms with Crippen LogP contribution < -0.4 is 5.32 Å². The van der Waals surface area contributed by atoms with Crippen molar-refractivity contribution in [2.75, 3.05) is 13.6 Å². The van der Waals surface area contributed by atoms with Crippen molar-refractivity contribution in [2.45, 2.75) is 13.8 Å². The van der Waals surface area contributed by atoms with E-state index in [0.29, 0.717) is 6.54 Å². The molecule has 72 valence electrons. The molecule has 3 nitrogen and oxygen atoms in total. The molecule has 0 bridgehead atoms. The molecule has 0 aliphatic carbocycles. The van der Waals surface area contributed by atoms with Crippen molar-refractivity contribution in [2.24, 2.45) is 5.41 Å². The maximum absolute atomic E-state index is 11.9. The van der Waals surface area contributed by atoms with Crippen LogP contribution in [-0.4, -0.2) is 24.4 Å². The van der Waals surface area contributed by atoms with E-state index in [1.807, 2.05) is 20.9 Å². The van der Waals surface area contributed by atoms with E-state index >= 15 is 0 Å². The smallest absolute Gasteiger partial charge is 0.171 e. The van der Waals surface area contributed by atoms with Gasteiger partial charge in [-0.15, -0.1) is 0 Å². The van der Waals surface area contributed by atoms with Gasteiger partial charge in [0.2, 0.25) is 0 Å². The molecule has 1 heterocycles. The maximum Gasteiger partial charge on any atom is 0.171 e. The van der Waals surface area contributed by atoms with Crippen LogP contribution in [0.25, 0.3) is 0 Å². The number of carbonyl (C=O) groups is 1. The van der Waals surface area contributed by atoms with Crippen LogP contribution in [0, 0.1) is 5.41 Å². The number of rotatable bonds is 4. The molecule has 1 rings (SSSR count). The number of carbonyl (C=O) groups excluding carboxylic acids is 1. The van der Waals surface area contributed by atoms with Crippen LogP contribution in [0.3, 0.4) is 0 Å². The van der Waals surface area contributed by atoms with Crippen molar-refractivity contribution in [1.82, 2.24) is 10.3 Å². The van der Waals surface area contributed by atoms with Gasteiger partial charge in [0.25, 0.3) is 0 Å². The lowest BCUT2D eigenvalue weighted by Gasteiger charge is -2.21. The fourth-order valence-electron chi connectivity index (χ4n) is 1.38. The average molecular weight is 180 g/mol. The van der Waals surface area contributed by atoms with Gasteiger partial charge in [0.15, 0.2) is 5.78 Å². The number of aromatic nitrogens is 1. The van der Waals surface area contributed by atoms with Crippen molar-refractivity contribution >= 4 is 5.78 Å². The summed E-state index contributed by atoms with van der Waals surface area (Å²) < 4.78 is 0. The second kappa shape index (κ2) is 3.75. The molecule has 13 heavy (non-hydrogen) atoms. The van der Waals surface area contributed by atoms with Crippen LogP contribution in [0.4, 0.5) is 0 Å². The monoisotopic (exact) mass is 180 g/mol. The summed E-state index contributed by atoms with van der Waals surface area (Å²) in [6.07, 6.45) is 3.50. The van der Waals surface area contributed by atoms with Crippen molar-refractivity contribution in [3.05, 3.63) is 24.0 Å². The Morgan fingerprint density at radius 3 is 2.77 bits per heavy atom. The molecule has 0 spiro atoms. The molecule has 2 N–H and O–H groups in total. The highest BCUT2D eigenvalue weighted by molar-refractivity contribution is 6.00. The molecule has 0 radical (unpaired) electrons. The number of ketones is 1. The Hall–Kier alpha value is -1.09. The summed E-state index contributed by atoms with van der Waals surface area (Å²) in [5.74, 6) is 0.170. The van der Waals surface area contributed by atoms with E-state index in [4.69, 9.17) is 0 Å². The molecule has 1 aromatic heterocycles. The number of aromatic amines is 1. The van der Waals surface area contributed by atoms with E-state index in [-0.39, 0.29) is 11.2 Å². The second-order valence-electron chi connectivity index (χ2n) is 3.84. The number of nitrogens with one attached hydrogen (secondary N) is 2. The van der Waals surface area contributed by atoms with Gasteiger partial charge in [-0.1, -0.05) is 13.8 Å². The first-order chi connectivity index (χ1) is 6.08. The van der Waals surface area contributed by atoms with Gasteiger partial charge in [-0.2, -0.15) is 0 Å². The Morgan fingerprint density at radius 2 is 2.31 bits per heavy atom. The van der Waals surface area contributed by atoms with Gasteiger partial charge in [-0.3, -0.25) is 4.79 Å². The molecule has 0 aliphatic rings. The summed E-state index contributed by atoms with van der Waals surface area (Å²) in [7, 11) is 1.85. The lowest BCUT2D eigenvalue weighted by Crippen LogP contribution is -2.34. The molecule has 0 unspecified atom stereocenters. The summed E-state index contributed by atoms with van der Waals surface area (Å²) in [6.45, 7) is 4.58. The largest absolute Gasteiger partial charge is 0.367 e. The van der Waals surface area contributed by atoms with E-state index in [9.17, 15) is 4.79 Å². The second-order valence-corrected chi connectivity index (χ2v) is 3.84. The van der Waals surface area contributed by atoms with Gasteiger partial charge in [-0.25, -0.2) is 0 Å². The van der Waals surface area contributed by atoms with E-state index < -0.39 is 0 Å². The minimum absolute atomic E-state index is 0.170. The van der Waals surface area contributed by atoms with E-state index in [1.54, 1.807) is 18.5 Å². The SMILES string of the molecule is CNCC(C)(C)C(=O)c1cc[nH]c1. The molecular weight excluding hydrogens is 164 g/mol. The van der Waals surface area contributed by atoms with Crippen LogP contribution in [0.5, 0.6) is 0 Å². The zero-order valence-corrected chi connectivity index (χ0v) is 8.35. The Morgan fingerprint density at radius 1 is 1.62 bits per heavy atom. The number of hydrogen-bond acceptors (Lipinski definition) is 2. The van der Waals surface area contributed by atoms with E-state index in [1.165, 1.54) is 0 Å². The standard InChI is InChI=1S/C10H16N2O/c1-10(2,7-11-3)9(13)8-4-5-12-6-8/h4-6,11-12H,7H2,1-3H3. The molecule has 0 saturated carbocycles. The minimum Gasteiger partial charge on any atom is -0.367 e. The average Bonchev–Trinajstić information content (AvgIpc) is 2.54. The maximum atomic E-state index is 11.9. The van der Waals surface area contributed by atoms with E-state index in [0.717, 1.165) is 5.56 Å². The van der Waals surface area contributed by atoms with Crippen molar-refractivity contribution in [3.63, 3.8) is 0 Å². The van der Waals surface area contributed by atoms with Crippen LogP contribution in [0.15, 0.2) is 18.5 Å². The molecule has 0 aromatic carbocycles. The number of H-pyrrole nitrogens is 1. The highest BCUT2D eigenvalue weighted by Crippen LogP contribution is 2.20. The van der Waals surface area contributed by atoms with Crippen molar-refractivity contribution in [1.29, 1.82) is 0 Å². The summed E-state index contributed by atoms with van der Waals surface area (Å²) >= 11 is 0. The first kappa shape index (κ1) is 9.99. The van der Waals surface area contributed by atoms with Crippen molar-refractivity contribution < 1.29 is 4.79 Å². The first-order valence-electron chi connectivity index (χ1n) is 4.40. The summed E-state index contributed by atoms with van der Waals surface area (Å²) in [4.78, 5) is 14.7. The summed E-state index contributed by atoms with van der Waals surface area (Å²) in [5.41, 5.74) is 0.414. The lowest BCUT2D eigenvalue weighted by atomic mass is 9.85. The fourth-order valence-corrected chi connectivity index (χ4v) is 1.38. The normalized spacial score (nSPS) is 11.6. The number of hydrogen-bond donors (Lipinski definition) is 2. The van der Waals surface area contributed by atoms with Gasteiger partial charge in [0.1, 0.15) is 0 Å². The molecule has 3 heteroatoms. The third kappa shape index (κ3) is 2.18. The zero-order valence-electron chi connectivity index (χ0n) is 8.35. The summed E-state index contributed by atoms with van der Waals surface area (Å²) in [5, 5.41) is 3.02. The van der Waals surface area contributed by atoms with Gasteiger partial charge in [0, 0.05) is 29.9 Å². The van der Waals surface area contributed by atoms with Gasteiger partial charge >= 0.3 is 0 Å². The summed E-state index contributed by atoms with van der Waals surface area (Å²) in [6, 6.07) is 1.81. The van der Waals surface area contributed by atoms with Crippen LogP contribution in [0.2, 0.25) is 0 Å². The molecule has 0 fully saturated rings. The molecule has 0 atom stereocenters. The molecular formula is C10H16N2O. The topological polar surface area (TPSA) is 44.9 Å². The molecule has 0 amide bonds. The fraction of sp³-hybridized carbons (Fsp3) is 0.500. The van der Waals surface area contributed by atoms with E-state index in [2.05, 4.69) is 10.3 Å². The highest BCUT2D eigenvalue weighted by Gasteiger charge is 2.27. The van der Waals surface area contributed by atoms with Crippen LogP contribution in [-0.2, 0) is 0 Å². The lowest BCUT2D eigenvalue weighted by molar-refractivity contribution is 0.0839. The molecule has 0 saturated heterocycles. The van der Waals surface area contributed by atoms with Gasteiger partial charge in [-0.05, 0) is 13.1 Å². The predicted octanol–water partition coefficient (Wildman–Crippen LogP) is 1.44. The zero-order chi connectivity index (χ0) is 9.90.